The summed E-state index contributed by atoms with van der Waals surface area (Å²) in [5, 5.41) is 3.54. The number of para-hydroxylation sites is 1. The van der Waals surface area contributed by atoms with Crippen LogP contribution in [-0.2, 0) is 11.2 Å². The Morgan fingerprint density at radius 3 is 3.17 bits per heavy atom. The van der Waals surface area contributed by atoms with Crippen molar-refractivity contribution in [2.75, 3.05) is 18.5 Å². The van der Waals surface area contributed by atoms with Crippen molar-refractivity contribution in [3.63, 3.8) is 0 Å². The van der Waals surface area contributed by atoms with Crippen molar-refractivity contribution in [2.45, 2.75) is 44.8 Å². The van der Waals surface area contributed by atoms with E-state index in [1.165, 1.54) is 17.7 Å². The zero-order valence-electron chi connectivity index (χ0n) is 10.9. The van der Waals surface area contributed by atoms with Gasteiger partial charge in [-0.1, -0.05) is 12.1 Å². The number of aryl methyl sites for hydroxylation is 1. The van der Waals surface area contributed by atoms with Crippen LogP contribution in [0.4, 0.5) is 5.69 Å². The van der Waals surface area contributed by atoms with Crippen LogP contribution in [0.1, 0.15) is 31.7 Å². The molecule has 1 aromatic carbocycles. The normalized spacial score (nSPS) is 26.5. The van der Waals surface area contributed by atoms with Gasteiger partial charge in [0.2, 0.25) is 0 Å². The Morgan fingerprint density at radius 2 is 2.33 bits per heavy atom. The molecule has 2 aliphatic rings. The van der Waals surface area contributed by atoms with Gasteiger partial charge < -0.3 is 14.8 Å². The second-order valence-corrected chi connectivity index (χ2v) is 5.32. The molecular formula is C15H21NO2. The molecule has 0 saturated carbocycles. The molecule has 3 rings (SSSR count). The fraction of sp³-hybridized carbons (Fsp3) is 0.600. The number of anilines is 1. The molecule has 3 heteroatoms. The van der Waals surface area contributed by atoms with E-state index in [0.29, 0.717) is 12.6 Å². The van der Waals surface area contributed by atoms with Crippen molar-refractivity contribution in [3.05, 3.63) is 23.8 Å². The third-order valence-corrected chi connectivity index (χ3v) is 3.80. The van der Waals surface area contributed by atoms with Crippen molar-refractivity contribution < 1.29 is 9.47 Å². The number of hydrogen-bond donors (Lipinski definition) is 1. The Hall–Kier alpha value is -1.22. The van der Waals surface area contributed by atoms with E-state index in [1.807, 2.05) is 0 Å². The van der Waals surface area contributed by atoms with Crippen LogP contribution in [0.5, 0.6) is 5.75 Å². The first kappa shape index (κ1) is 11.8. The predicted octanol–water partition coefficient (Wildman–Crippen LogP) is 2.99. The summed E-state index contributed by atoms with van der Waals surface area (Å²) in [5.74, 6) is 0.981. The molecule has 3 nitrogen and oxygen atoms in total. The van der Waals surface area contributed by atoms with E-state index in [1.54, 1.807) is 0 Å². The molecule has 2 heterocycles. The van der Waals surface area contributed by atoms with Crippen LogP contribution < -0.4 is 10.1 Å². The summed E-state index contributed by atoms with van der Waals surface area (Å²) in [5.41, 5.74) is 2.56. The van der Waals surface area contributed by atoms with Crippen LogP contribution in [0.25, 0.3) is 0 Å². The molecule has 2 unspecified atom stereocenters. The smallest absolute Gasteiger partial charge is 0.142 e. The number of rotatable bonds is 3. The summed E-state index contributed by atoms with van der Waals surface area (Å²) in [4.78, 5) is 0. The molecule has 18 heavy (non-hydrogen) atoms. The number of fused-ring (bicyclic) bond motifs is 1. The van der Waals surface area contributed by atoms with Crippen LogP contribution >= 0.6 is 0 Å². The number of ether oxygens (including phenoxy) is 2. The Labute approximate surface area is 108 Å². The third-order valence-electron chi connectivity index (χ3n) is 3.80. The number of hydrogen-bond acceptors (Lipinski definition) is 3. The van der Waals surface area contributed by atoms with Gasteiger partial charge in [-0.05, 0) is 44.2 Å². The molecule has 1 N–H and O–H groups in total. The highest BCUT2D eigenvalue weighted by atomic mass is 16.5. The van der Waals surface area contributed by atoms with E-state index < -0.39 is 0 Å². The second-order valence-electron chi connectivity index (χ2n) is 5.32. The van der Waals surface area contributed by atoms with Gasteiger partial charge in [-0.2, -0.15) is 0 Å². The van der Waals surface area contributed by atoms with E-state index in [9.17, 15) is 0 Å². The molecule has 98 valence electrons. The van der Waals surface area contributed by atoms with Crippen molar-refractivity contribution in [3.8, 4) is 5.75 Å². The van der Waals surface area contributed by atoms with E-state index in [-0.39, 0.29) is 6.10 Å². The van der Waals surface area contributed by atoms with E-state index in [2.05, 4.69) is 30.4 Å². The van der Waals surface area contributed by atoms with Crippen LogP contribution in [-0.4, -0.2) is 25.4 Å². The van der Waals surface area contributed by atoms with Crippen molar-refractivity contribution in [1.82, 2.24) is 0 Å². The molecule has 0 amide bonds. The Kier molecular flexibility index (Phi) is 3.41. The minimum Gasteiger partial charge on any atom is -0.489 e. The first-order valence-electron chi connectivity index (χ1n) is 6.96. The molecule has 0 radical (unpaired) electrons. The minimum absolute atomic E-state index is 0.280. The molecule has 0 spiro atoms. The predicted molar refractivity (Wildman–Crippen MR) is 72.3 cm³/mol. The maximum absolute atomic E-state index is 5.95. The molecule has 1 aromatic rings. The van der Waals surface area contributed by atoms with Crippen molar-refractivity contribution >= 4 is 5.69 Å². The molecule has 1 saturated heterocycles. The van der Waals surface area contributed by atoms with E-state index in [0.717, 1.165) is 31.6 Å². The molecule has 0 aliphatic carbocycles. The van der Waals surface area contributed by atoms with Crippen LogP contribution in [0.3, 0.4) is 0 Å². The zero-order chi connectivity index (χ0) is 12.4. The summed E-state index contributed by atoms with van der Waals surface area (Å²) in [6.07, 6.45) is 4.90. The monoisotopic (exact) mass is 247 g/mol. The highest BCUT2D eigenvalue weighted by Gasteiger charge is 2.20. The summed E-state index contributed by atoms with van der Waals surface area (Å²) in [6, 6.07) is 6.86. The van der Waals surface area contributed by atoms with Gasteiger partial charge in [0.05, 0.1) is 11.8 Å². The summed E-state index contributed by atoms with van der Waals surface area (Å²) in [6.45, 7) is 3.78. The van der Waals surface area contributed by atoms with Gasteiger partial charge in [-0.15, -0.1) is 0 Å². The fourth-order valence-electron chi connectivity index (χ4n) is 2.72. The maximum atomic E-state index is 5.95. The molecule has 2 aliphatic heterocycles. The van der Waals surface area contributed by atoms with Crippen molar-refractivity contribution in [1.29, 1.82) is 0 Å². The zero-order valence-corrected chi connectivity index (χ0v) is 10.9. The molecule has 0 bridgehead atoms. The lowest BCUT2D eigenvalue weighted by Gasteiger charge is -2.26. The molecule has 2 atom stereocenters. The van der Waals surface area contributed by atoms with Gasteiger partial charge >= 0.3 is 0 Å². The standard InChI is InChI=1S/C15H21NO2/c1-11-7-8-12-4-2-6-14(15(12)16-11)18-10-13-5-3-9-17-13/h2,4,6,11,13,16H,3,5,7-10H2,1H3. The van der Waals surface area contributed by atoms with Crippen LogP contribution in [0.15, 0.2) is 18.2 Å². The molecular weight excluding hydrogens is 226 g/mol. The van der Waals surface area contributed by atoms with Crippen LogP contribution in [0.2, 0.25) is 0 Å². The van der Waals surface area contributed by atoms with Crippen molar-refractivity contribution in [2.24, 2.45) is 0 Å². The topological polar surface area (TPSA) is 30.5 Å². The highest BCUT2D eigenvalue weighted by Crippen LogP contribution is 2.34. The SMILES string of the molecule is CC1CCc2cccc(OCC3CCCO3)c2N1. The number of nitrogens with one attached hydrogen (secondary N) is 1. The Morgan fingerprint density at radius 1 is 1.39 bits per heavy atom. The summed E-state index contributed by atoms with van der Waals surface area (Å²) in [7, 11) is 0. The van der Waals surface area contributed by atoms with Gasteiger partial charge in [0.15, 0.2) is 0 Å². The lowest BCUT2D eigenvalue weighted by Crippen LogP contribution is -2.23. The fourth-order valence-corrected chi connectivity index (χ4v) is 2.72. The second kappa shape index (κ2) is 5.19. The Bertz CT molecular complexity index is 413. The van der Waals surface area contributed by atoms with Gasteiger partial charge in [-0.25, -0.2) is 0 Å². The first-order valence-corrected chi connectivity index (χ1v) is 6.96. The largest absolute Gasteiger partial charge is 0.489 e. The van der Waals surface area contributed by atoms with Gasteiger partial charge in [0.25, 0.3) is 0 Å². The summed E-state index contributed by atoms with van der Waals surface area (Å²) >= 11 is 0. The minimum atomic E-state index is 0.280. The summed E-state index contributed by atoms with van der Waals surface area (Å²) < 4.78 is 11.5. The molecule has 1 fully saturated rings. The highest BCUT2D eigenvalue weighted by molar-refractivity contribution is 5.63. The Balaban J connectivity index is 1.71. The average molecular weight is 247 g/mol. The van der Waals surface area contributed by atoms with Gasteiger partial charge in [-0.3, -0.25) is 0 Å². The lowest BCUT2D eigenvalue weighted by molar-refractivity contribution is 0.0681. The van der Waals surface area contributed by atoms with E-state index in [4.69, 9.17) is 9.47 Å². The van der Waals surface area contributed by atoms with Gasteiger partial charge in [0.1, 0.15) is 12.4 Å². The third kappa shape index (κ3) is 2.46. The van der Waals surface area contributed by atoms with E-state index >= 15 is 0 Å². The maximum Gasteiger partial charge on any atom is 0.142 e. The lowest BCUT2D eigenvalue weighted by atomic mass is 9.98. The van der Waals surface area contributed by atoms with Crippen LogP contribution in [0, 0.1) is 0 Å². The number of benzene rings is 1. The quantitative estimate of drug-likeness (QED) is 0.890. The van der Waals surface area contributed by atoms with Gasteiger partial charge in [0, 0.05) is 12.6 Å². The average Bonchev–Trinajstić information content (AvgIpc) is 2.89. The first-order chi connectivity index (χ1) is 8.83. The molecule has 0 aromatic heterocycles.